The number of anilines is 1. The van der Waals surface area contributed by atoms with E-state index in [0.29, 0.717) is 11.0 Å². The fraction of sp³-hybridized carbons (Fsp3) is 0.500. The van der Waals surface area contributed by atoms with E-state index in [9.17, 15) is 28.3 Å². The highest BCUT2D eigenvalue weighted by atomic mass is 19.3. The normalized spacial score (nSPS) is 21.0. The van der Waals surface area contributed by atoms with Crippen LogP contribution in [0.15, 0.2) is 41.6 Å². The minimum absolute atomic E-state index is 0.0193. The number of carbonyl (C=O) groups is 2. The molecular weight excluding hydrogens is 470 g/mol. The maximum absolute atomic E-state index is 14.9. The van der Waals surface area contributed by atoms with Crippen molar-refractivity contribution in [2.24, 2.45) is 5.92 Å². The highest BCUT2D eigenvalue weighted by Gasteiger charge is 2.60. The molecule has 0 saturated carbocycles. The molecule has 0 bridgehead atoms. The number of amides is 1. The van der Waals surface area contributed by atoms with E-state index in [1.54, 1.807) is 38.4 Å². The highest BCUT2D eigenvalue weighted by molar-refractivity contribution is 5.83. The number of esters is 1. The smallest absolute Gasteiger partial charge is 0.412 e. The van der Waals surface area contributed by atoms with Crippen LogP contribution in [0.4, 0.5) is 19.4 Å². The van der Waals surface area contributed by atoms with Crippen LogP contribution >= 0.6 is 0 Å². The molecule has 1 fully saturated rings. The fourth-order valence-electron chi connectivity index (χ4n) is 3.26. The summed E-state index contributed by atoms with van der Waals surface area (Å²) in [4.78, 5) is 43.8. The summed E-state index contributed by atoms with van der Waals surface area (Å²) in [5, 5.41) is 12.4. The highest BCUT2D eigenvalue weighted by Crippen LogP contribution is 2.43. The van der Waals surface area contributed by atoms with E-state index in [4.69, 9.17) is 14.2 Å². The van der Waals surface area contributed by atoms with Crippen LogP contribution in [0.25, 0.3) is 0 Å². The van der Waals surface area contributed by atoms with Gasteiger partial charge < -0.3 is 19.3 Å². The van der Waals surface area contributed by atoms with E-state index in [2.05, 4.69) is 15.3 Å². The van der Waals surface area contributed by atoms with Crippen molar-refractivity contribution in [1.82, 2.24) is 14.5 Å². The number of pyridine rings is 1. The largest absolute Gasteiger partial charge is 0.463 e. The molecule has 1 aliphatic rings. The summed E-state index contributed by atoms with van der Waals surface area (Å²) in [6.07, 6.45) is -2.86. The second-order valence-electron chi connectivity index (χ2n) is 8.29. The lowest BCUT2D eigenvalue weighted by atomic mass is 10.1. The monoisotopic (exact) mass is 496 g/mol. The van der Waals surface area contributed by atoms with Gasteiger partial charge in [-0.15, -0.1) is 0 Å². The molecule has 0 unspecified atom stereocenters. The zero-order chi connectivity index (χ0) is 25.6. The van der Waals surface area contributed by atoms with Crippen LogP contribution in [0, 0.1) is 5.92 Å². The van der Waals surface area contributed by atoms with Crippen molar-refractivity contribution in [2.75, 3.05) is 18.5 Å². The number of hydrogen-bond donors (Lipinski definition) is 2. The Bertz CT molecular complexity index is 1080. The van der Waals surface area contributed by atoms with Crippen molar-refractivity contribution in [1.29, 1.82) is 0 Å². The number of carbonyl (C=O) groups excluding carboxylic acids is 2. The topological polar surface area (TPSA) is 142 Å². The molecule has 0 aliphatic carbocycles. The number of aryl methyl sites for hydroxylation is 1. The van der Waals surface area contributed by atoms with Crippen molar-refractivity contribution >= 4 is 17.9 Å². The Kier molecular flexibility index (Phi) is 8.46. The predicted octanol–water partition coefficient (Wildman–Crippen LogP) is 1.91. The van der Waals surface area contributed by atoms with Gasteiger partial charge in [0, 0.05) is 25.0 Å². The predicted molar refractivity (Wildman–Crippen MR) is 117 cm³/mol. The van der Waals surface area contributed by atoms with Gasteiger partial charge in [0.25, 0.3) is 0 Å². The van der Waals surface area contributed by atoms with Crippen molar-refractivity contribution in [2.45, 2.75) is 51.0 Å². The van der Waals surface area contributed by atoms with Gasteiger partial charge in [0.05, 0.1) is 6.61 Å². The number of nitrogens with zero attached hydrogens (tertiary/aromatic N) is 3. The van der Waals surface area contributed by atoms with Crippen molar-refractivity contribution < 1.29 is 37.7 Å². The lowest BCUT2D eigenvalue weighted by Gasteiger charge is -2.23. The first-order valence-electron chi connectivity index (χ1n) is 10.9. The zero-order valence-corrected chi connectivity index (χ0v) is 19.1. The average molecular weight is 496 g/mol. The van der Waals surface area contributed by atoms with Gasteiger partial charge in [-0.05, 0) is 30.0 Å². The van der Waals surface area contributed by atoms with E-state index in [-0.39, 0.29) is 24.8 Å². The number of ether oxygens (including phenoxy) is 3. The van der Waals surface area contributed by atoms with Crippen LogP contribution in [0.3, 0.4) is 0 Å². The molecule has 35 heavy (non-hydrogen) atoms. The second-order valence-corrected chi connectivity index (χ2v) is 8.29. The summed E-state index contributed by atoms with van der Waals surface area (Å²) in [7, 11) is 0. The molecule has 1 saturated heterocycles. The van der Waals surface area contributed by atoms with Crippen LogP contribution < -0.4 is 11.0 Å². The third-order valence-electron chi connectivity index (χ3n) is 5.02. The van der Waals surface area contributed by atoms with Gasteiger partial charge >= 0.3 is 23.7 Å². The molecule has 0 spiro atoms. The van der Waals surface area contributed by atoms with Crippen molar-refractivity contribution in [3.63, 3.8) is 0 Å². The van der Waals surface area contributed by atoms with Gasteiger partial charge in [-0.3, -0.25) is 15.1 Å². The number of aliphatic hydroxyl groups is 1. The zero-order valence-electron chi connectivity index (χ0n) is 19.1. The maximum atomic E-state index is 14.9. The van der Waals surface area contributed by atoms with E-state index in [0.717, 1.165) is 17.8 Å². The molecule has 2 N–H and O–H groups in total. The van der Waals surface area contributed by atoms with E-state index in [1.807, 2.05) is 0 Å². The summed E-state index contributed by atoms with van der Waals surface area (Å²) in [5.74, 6) is -5.02. The molecule has 0 radical (unpaired) electrons. The summed E-state index contributed by atoms with van der Waals surface area (Å²) < 4.78 is 45.5. The Morgan fingerprint density at radius 1 is 1.29 bits per heavy atom. The first kappa shape index (κ1) is 26.2. The van der Waals surface area contributed by atoms with Crippen molar-refractivity contribution in [3.8, 4) is 0 Å². The van der Waals surface area contributed by atoms with Gasteiger partial charge in [0.15, 0.2) is 6.10 Å². The summed E-state index contributed by atoms with van der Waals surface area (Å²) in [6, 6.07) is 4.58. The first-order valence-corrected chi connectivity index (χ1v) is 10.9. The third-order valence-corrected chi connectivity index (χ3v) is 5.02. The maximum Gasteiger partial charge on any atom is 0.412 e. The Labute approximate surface area is 199 Å². The Morgan fingerprint density at radius 2 is 2.06 bits per heavy atom. The number of aromatic nitrogens is 3. The van der Waals surface area contributed by atoms with Crippen LogP contribution in [0.1, 0.15) is 32.1 Å². The minimum Gasteiger partial charge on any atom is -0.463 e. The van der Waals surface area contributed by atoms with Crippen molar-refractivity contribution in [3.05, 3.63) is 52.8 Å². The summed E-state index contributed by atoms with van der Waals surface area (Å²) >= 11 is 0. The third kappa shape index (κ3) is 6.57. The summed E-state index contributed by atoms with van der Waals surface area (Å²) in [5.41, 5.74) is -0.367. The number of halogens is 2. The average Bonchev–Trinajstić information content (AvgIpc) is 3.04. The van der Waals surface area contributed by atoms with Gasteiger partial charge in [-0.2, -0.15) is 8.78 Å². The number of alkyl halides is 2. The van der Waals surface area contributed by atoms with Gasteiger partial charge in [-0.25, -0.2) is 19.1 Å². The number of aliphatic hydroxyl groups excluding tert-OH is 1. The van der Waals surface area contributed by atoms with Crippen LogP contribution in [0.5, 0.6) is 0 Å². The second kappa shape index (κ2) is 11.3. The lowest BCUT2D eigenvalue weighted by Crippen LogP contribution is -2.42. The molecular formula is C22H26F2N4O7. The molecule has 1 aliphatic heterocycles. The number of nitrogens with one attached hydrogen (secondary N) is 1. The first-order chi connectivity index (χ1) is 16.6. The van der Waals surface area contributed by atoms with Crippen LogP contribution in [0.2, 0.25) is 0 Å². The molecule has 13 heteroatoms. The van der Waals surface area contributed by atoms with Gasteiger partial charge in [0.2, 0.25) is 6.23 Å². The van der Waals surface area contributed by atoms with Crippen LogP contribution in [-0.2, 0) is 25.4 Å². The van der Waals surface area contributed by atoms with Gasteiger partial charge in [0.1, 0.15) is 18.5 Å². The fourth-order valence-corrected chi connectivity index (χ4v) is 3.26. The quantitative estimate of drug-likeness (QED) is 0.498. The van der Waals surface area contributed by atoms with Crippen LogP contribution in [-0.4, -0.2) is 63.0 Å². The molecule has 2 aromatic heterocycles. The standard InChI is InChI=1S/C22H26F2N4O7/c1-13(2)11-34-21(32)27-16-7-9-26-20(31)28(16)19-22(23,24)18(30)15(35-19)12-33-17(29)6-5-14-4-3-8-25-10-14/h3-4,7-10,13,15,18-19,30H,5-6,11-12H2,1-2H3,(H,27,32)/t15-,18-,19-/m1/s1. The Hall–Kier alpha value is -3.45. The summed E-state index contributed by atoms with van der Waals surface area (Å²) in [6.45, 7) is 2.99. The SMILES string of the molecule is CC(C)COC(=O)Nc1ccnc(=O)n1[C@@H]1O[C@H](COC(=O)CCc2cccnc2)[C@@H](O)C1(F)F. The lowest BCUT2D eigenvalue weighted by molar-refractivity contribution is -0.150. The molecule has 1 amide bonds. The Morgan fingerprint density at radius 3 is 2.74 bits per heavy atom. The van der Waals surface area contributed by atoms with E-state index < -0.39 is 48.7 Å². The van der Waals surface area contributed by atoms with E-state index >= 15 is 0 Å². The molecule has 3 rings (SSSR count). The van der Waals surface area contributed by atoms with E-state index in [1.165, 1.54) is 0 Å². The molecule has 0 aromatic carbocycles. The molecule has 2 aromatic rings. The molecule has 3 atom stereocenters. The number of rotatable bonds is 9. The molecule has 190 valence electrons. The molecule has 3 heterocycles. The number of hydrogen-bond acceptors (Lipinski definition) is 9. The molecule has 11 nitrogen and oxygen atoms in total. The Balaban J connectivity index is 1.68. The van der Waals surface area contributed by atoms with Gasteiger partial charge in [-0.1, -0.05) is 19.9 Å². The minimum atomic E-state index is -3.97.